The lowest BCUT2D eigenvalue weighted by Crippen LogP contribution is -2.01. The molecule has 0 aliphatic carbocycles. The van der Waals surface area contributed by atoms with Gasteiger partial charge >= 0.3 is 0 Å². The van der Waals surface area contributed by atoms with Gasteiger partial charge in [-0.05, 0) is 24.1 Å². The van der Waals surface area contributed by atoms with E-state index in [0.717, 1.165) is 5.56 Å². The van der Waals surface area contributed by atoms with Gasteiger partial charge in [0.05, 0.1) is 5.75 Å². The maximum atomic E-state index is 10.7. The van der Waals surface area contributed by atoms with E-state index in [2.05, 4.69) is 0 Å². The summed E-state index contributed by atoms with van der Waals surface area (Å²) in [4.78, 5) is 0. The van der Waals surface area contributed by atoms with E-state index in [0.29, 0.717) is 16.5 Å². The molecule has 0 unspecified atom stereocenters. The minimum absolute atomic E-state index is 0.129. The monoisotopic (exact) mass is 272 g/mol. The zero-order chi connectivity index (χ0) is 10.8. The van der Waals surface area contributed by atoms with Gasteiger partial charge in [-0.25, -0.2) is 8.42 Å². The van der Waals surface area contributed by atoms with Crippen LogP contribution in [0.3, 0.4) is 0 Å². The summed E-state index contributed by atoms with van der Waals surface area (Å²) in [6.45, 7) is 0. The van der Waals surface area contributed by atoms with Crippen molar-refractivity contribution >= 4 is 42.9 Å². The highest BCUT2D eigenvalue weighted by Crippen LogP contribution is 2.21. The molecule has 0 aliphatic heterocycles. The van der Waals surface area contributed by atoms with Crippen LogP contribution in [-0.2, 0) is 15.5 Å². The van der Waals surface area contributed by atoms with Gasteiger partial charge in [0, 0.05) is 20.7 Å². The minimum atomic E-state index is -3.47. The summed E-state index contributed by atoms with van der Waals surface area (Å²) >= 11 is 11.5. The summed E-state index contributed by atoms with van der Waals surface area (Å²) in [7, 11) is 1.60. The van der Waals surface area contributed by atoms with Crippen molar-refractivity contribution in [1.29, 1.82) is 0 Å². The molecule has 1 aromatic rings. The van der Waals surface area contributed by atoms with Gasteiger partial charge in [-0.2, -0.15) is 0 Å². The number of halogens is 3. The van der Waals surface area contributed by atoms with Crippen LogP contribution < -0.4 is 0 Å². The zero-order valence-corrected chi connectivity index (χ0v) is 10.1. The first-order valence-corrected chi connectivity index (χ1v) is 6.98. The number of hydrogen-bond donors (Lipinski definition) is 0. The first kappa shape index (κ1) is 12.1. The Labute approximate surface area is 97.2 Å². The molecule has 1 rings (SSSR count). The average Bonchev–Trinajstić information content (AvgIpc) is 2.00. The molecule has 14 heavy (non-hydrogen) atoms. The van der Waals surface area contributed by atoms with E-state index < -0.39 is 9.05 Å². The molecular weight excluding hydrogens is 267 g/mol. The Hall–Kier alpha value is 0.0400. The summed E-state index contributed by atoms with van der Waals surface area (Å²) in [5.41, 5.74) is 0.722. The summed E-state index contributed by atoms with van der Waals surface area (Å²) < 4.78 is 21.4. The van der Waals surface area contributed by atoms with Crippen LogP contribution in [0.25, 0.3) is 0 Å². The summed E-state index contributed by atoms with van der Waals surface area (Å²) in [6.07, 6.45) is 0.293. The molecule has 0 bridgehead atoms. The lowest BCUT2D eigenvalue weighted by atomic mass is 10.2. The molecule has 78 valence electrons. The Bertz CT molecular complexity index is 428. The van der Waals surface area contributed by atoms with Gasteiger partial charge in [0.15, 0.2) is 0 Å². The predicted molar refractivity (Wildman–Crippen MR) is 59.8 cm³/mol. The van der Waals surface area contributed by atoms with Gasteiger partial charge in [-0.15, -0.1) is 0 Å². The Morgan fingerprint density at radius 1 is 1.21 bits per heavy atom. The largest absolute Gasteiger partial charge is 0.232 e. The second kappa shape index (κ2) is 4.71. The maximum Gasteiger partial charge on any atom is 0.232 e. The second-order valence-electron chi connectivity index (χ2n) is 2.73. The molecular formula is C8H7Cl3O2S. The van der Waals surface area contributed by atoms with Gasteiger partial charge in [-0.1, -0.05) is 29.3 Å². The topological polar surface area (TPSA) is 34.1 Å². The van der Waals surface area contributed by atoms with Crippen LogP contribution in [0.5, 0.6) is 0 Å². The standard InChI is InChI=1S/C8H7Cl3O2S/c9-7-2-1-6(8(10)5-7)3-4-14(11,12)13/h1-2,5H,3-4H2. The van der Waals surface area contributed by atoms with E-state index in [4.69, 9.17) is 33.9 Å². The van der Waals surface area contributed by atoms with Crippen molar-refractivity contribution in [2.24, 2.45) is 0 Å². The van der Waals surface area contributed by atoms with Gasteiger partial charge in [0.2, 0.25) is 9.05 Å². The van der Waals surface area contributed by atoms with Gasteiger partial charge in [0.1, 0.15) is 0 Å². The third-order valence-electron chi connectivity index (χ3n) is 1.63. The van der Waals surface area contributed by atoms with Crippen LogP contribution in [0.1, 0.15) is 5.56 Å². The zero-order valence-electron chi connectivity index (χ0n) is 7.00. The third-order valence-corrected chi connectivity index (χ3v) is 3.37. The Kier molecular flexibility index (Phi) is 4.07. The van der Waals surface area contributed by atoms with Crippen LogP contribution >= 0.6 is 33.9 Å². The smallest absolute Gasteiger partial charge is 0.212 e. The quantitative estimate of drug-likeness (QED) is 0.793. The fourth-order valence-corrected chi connectivity index (χ4v) is 2.15. The molecule has 0 fully saturated rings. The van der Waals surface area contributed by atoms with Crippen molar-refractivity contribution in [1.82, 2.24) is 0 Å². The van der Waals surface area contributed by atoms with E-state index in [1.165, 1.54) is 0 Å². The SMILES string of the molecule is O=S(=O)(Cl)CCc1ccc(Cl)cc1Cl. The number of rotatable bonds is 3. The highest BCUT2D eigenvalue weighted by atomic mass is 35.7. The van der Waals surface area contributed by atoms with Crippen LogP contribution in [0.15, 0.2) is 18.2 Å². The lowest BCUT2D eigenvalue weighted by molar-refractivity contribution is 0.609. The van der Waals surface area contributed by atoms with E-state index >= 15 is 0 Å². The van der Waals surface area contributed by atoms with E-state index in [1.807, 2.05) is 0 Å². The molecule has 0 spiro atoms. The van der Waals surface area contributed by atoms with Crippen molar-refractivity contribution in [3.8, 4) is 0 Å². The van der Waals surface area contributed by atoms with Crippen molar-refractivity contribution in [2.75, 3.05) is 5.75 Å². The molecule has 0 aromatic heterocycles. The Balaban J connectivity index is 2.78. The first-order valence-electron chi connectivity index (χ1n) is 3.75. The molecule has 6 heteroatoms. The van der Waals surface area contributed by atoms with Crippen LogP contribution in [-0.4, -0.2) is 14.2 Å². The summed E-state index contributed by atoms with van der Waals surface area (Å²) in [5.74, 6) is -0.129. The lowest BCUT2D eigenvalue weighted by Gasteiger charge is -2.02. The van der Waals surface area contributed by atoms with Gasteiger partial charge in [-0.3, -0.25) is 0 Å². The van der Waals surface area contributed by atoms with Gasteiger partial charge < -0.3 is 0 Å². The molecule has 0 amide bonds. The maximum absolute atomic E-state index is 10.7. The van der Waals surface area contributed by atoms with Crippen molar-refractivity contribution < 1.29 is 8.42 Å². The Morgan fingerprint density at radius 3 is 2.36 bits per heavy atom. The molecule has 0 atom stereocenters. The van der Waals surface area contributed by atoms with Crippen molar-refractivity contribution in [3.05, 3.63) is 33.8 Å². The number of aryl methyl sites for hydroxylation is 1. The predicted octanol–water partition coefficient (Wildman–Crippen LogP) is 3.10. The molecule has 0 N–H and O–H groups in total. The highest BCUT2D eigenvalue weighted by molar-refractivity contribution is 8.13. The highest BCUT2D eigenvalue weighted by Gasteiger charge is 2.08. The fourth-order valence-electron chi connectivity index (χ4n) is 0.956. The molecule has 0 saturated carbocycles. The fraction of sp³-hybridized carbons (Fsp3) is 0.250. The molecule has 0 heterocycles. The van der Waals surface area contributed by atoms with E-state index in [1.54, 1.807) is 18.2 Å². The average molecular weight is 274 g/mol. The van der Waals surface area contributed by atoms with E-state index in [-0.39, 0.29) is 5.75 Å². The minimum Gasteiger partial charge on any atom is -0.212 e. The third kappa shape index (κ3) is 4.05. The summed E-state index contributed by atoms with van der Waals surface area (Å²) in [5, 5.41) is 0.977. The second-order valence-corrected chi connectivity index (χ2v) is 6.47. The van der Waals surface area contributed by atoms with Crippen LogP contribution in [0.2, 0.25) is 10.0 Å². The van der Waals surface area contributed by atoms with Crippen molar-refractivity contribution in [3.63, 3.8) is 0 Å². The molecule has 1 aromatic carbocycles. The Morgan fingerprint density at radius 2 is 1.86 bits per heavy atom. The number of benzene rings is 1. The molecule has 0 saturated heterocycles. The van der Waals surface area contributed by atoms with Crippen LogP contribution in [0, 0.1) is 0 Å². The van der Waals surface area contributed by atoms with E-state index in [9.17, 15) is 8.42 Å². The molecule has 2 nitrogen and oxygen atoms in total. The van der Waals surface area contributed by atoms with Crippen molar-refractivity contribution in [2.45, 2.75) is 6.42 Å². The first-order chi connectivity index (χ1) is 6.38. The molecule has 0 radical (unpaired) electrons. The molecule has 0 aliphatic rings. The number of hydrogen-bond acceptors (Lipinski definition) is 2. The normalized spacial score (nSPS) is 11.6. The van der Waals surface area contributed by atoms with Gasteiger partial charge in [0.25, 0.3) is 0 Å². The van der Waals surface area contributed by atoms with Crippen LogP contribution in [0.4, 0.5) is 0 Å². The summed E-state index contributed by atoms with van der Waals surface area (Å²) in [6, 6.07) is 4.91.